The van der Waals surface area contributed by atoms with E-state index in [4.69, 9.17) is 10.5 Å². The Morgan fingerprint density at radius 1 is 1.79 bits per heavy atom. The van der Waals surface area contributed by atoms with Gasteiger partial charge in [-0.1, -0.05) is 0 Å². The standard InChI is InChI=1S/C9H18N2O2S/c1-13-6-8(10)9(12)11-5-7-3-2-4-14-7/h7-8H,2-6,10H2,1H3,(H,11,12). The van der Waals surface area contributed by atoms with E-state index in [0.29, 0.717) is 5.25 Å². The number of nitrogens with two attached hydrogens (primary N) is 1. The summed E-state index contributed by atoms with van der Waals surface area (Å²) < 4.78 is 4.81. The minimum atomic E-state index is -0.536. The normalized spacial score (nSPS) is 23.4. The number of carbonyl (C=O) groups is 1. The van der Waals surface area contributed by atoms with Gasteiger partial charge in [-0.25, -0.2) is 0 Å². The monoisotopic (exact) mass is 218 g/mol. The van der Waals surface area contributed by atoms with Crippen molar-refractivity contribution in [2.75, 3.05) is 26.0 Å². The molecule has 1 rings (SSSR count). The van der Waals surface area contributed by atoms with Crippen molar-refractivity contribution >= 4 is 17.7 Å². The lowest BCUT2D eigenvalue weighted by Crippen LogP contribution is -2.45. The largest absolute Gasteiger partial charge is 0.383 e. The number of rotatable bonds is 5. The molecule has 2 atom stereocenters. The first-order valence-corrected chi connectivity index (χ1v) is 5.92. The van der Waals surface area contributed by atoms with E-state index >= 15 is 0 Å². The maximum Gasteiger partial charge on any atom is 0.239 e. The summed E-state index contributed by atoms with van der Waals surface area (Å²) in [5.74, 6) is 1.10. The second-order valence-electron chi connectivity index (χ2n) is 3.44. The molecule has 0 saturated carbocycles. The summed E-state index contributed by atoms with van der Waals surface area (Å²) >= 11 is 1.92. The van der Waals surface area contributed by atoms with E-state index in [9.17, 15) is 4.79 Å². The van der Waals surface area contributed by atoms with Crippen LogP contribution in [0, 0.1) is 0 Å². The zero-order valence-corrected chi connectivity index (χ0v) is 9.31. The van der Waals surface area contributed by atoms with Crippen LogP contribution in [0.5, 0.6) is 0 Å². The van der Waals surface area contributed by atoms with Crippen LogP contribution >= 0.6 is 11.8 Å². The van der Waals surface area contributed by atoms with Gasteiger partial charge in [0.1, 0.15) is 6.04 Å². The molecule has 82 valence electrons. The molecule has 0 aliphatic carbocycles. The fourth-order valence-corrected chi connectivity index (χ4v) is 2.61. The first-order chi connectivity index (χ1) is 6.74. The van der Waals surface area contributed by atoms with Crippen molar-refractivity contribution in [2.45, 2.75) is 24.1 Å². The maximum absolute atomic E-state index is 11.4. The highest BCUT2D eigenvalue weighted by atomic mass is 32.2. The van der Waals surface area contributed by atoms with Crippen molar-refractivity contribution in [1.29, 1.82) is 0 Å². The summed E-state index contributed by atoms with van der Waals surface area (Å²) in [7, 11) is 1.54. The summed E-state index contributed by atoms with van der Waals surface area (Å²) in [6, 6.07) is -0.536. The van der Waals surface area contributed by atoms with Gasteiger partial charge in [0.15, 0.2) is 0 Å². The molecule has 2 unspecified atom stereocenters. The number of nitrogens with one attached hydrogen (secondary N) is 1. The highest BCUT2D eigenvalue weighted by Gasteiger charge is 2.18. The van der Waals surface area contributed by atoms with Crippen LogP contribution in [0.15, 0.2) is 0 Å². The molecule has 1 saturated heterocycles. The summed E-state index contributed by atoms with van der Waals surface area (Å²) in [6.07, 6.45) is 2.46. The number of ether oxygens (including phenoxy) is 1. The Kier molecular flexibility index (Phi) is 5.29. The van der Waals surface area contributed by atoms with Gasteiger partial charge in [-0.05, 0) is 18.6 Å². The van der Waals surface area contributed by atoms with E-state index in [1.54, 1.807) is 7.11 Å². The second kappa shape index (κ2) is 6.27. The van der Waals surface area contributed by atoms with E-state index in [1.165, 1.54) is 18.6 Å². The lowest BCUT2D eigenvalue weighted by Gasteiger charge is -2.13. The molecule has 0 aromatic carbocycles. The minimum absolute atomic E-state index is 0.112. The number of carbonyl (C=O) groups excluding carboxylic acids is 1. The van der Waals surface area contributed by atoms with Crippen molar-refractivity contribution in [3.05, 3.63) is 0 Å². The van der Waals surface area contributed by atoms with Crippen LogP contribution in [-0.2, 0) is 9.53 Å². The third kappa shape index (κ3) is 3.86. The lowest BCUT2D eigenvalue weighted by atomic mass is 10.2. The quantitative estimate of drug-likeness (QED) is 0.680. The molecule has 4 nitrogen and oxygen atoms in total. The third-order valence-electron chi connectivity index (χ3n) is 2.21. The smallest absolute Gasteiger partial charge is 0.239 e. The van der Waals surface area contributed by atoms with Gasteiger partial charge in [0.25, 0.3) is 0 Å². The van der Waals surface area contributed by atoms with E-state index in [-0.39, 0.29) is 12.5 Å². The number of amides is 1. The van der Waals surface area contributed by atoms with Gasteiger partial charge in [-0.3, -0.25) is 4.79 Å². The van der Waals surface area contributed by atoms with Gasteiger partial charge in [-0.2, -0.15) is 11.8 Å². The van der Waals surface area contributed by atoms with Gasteiger partial charge in [-0.15, -0.1) is 0 Å². The average Bonchev–Trinajstić information content (AvgIpc) is 2.67. The van der Waals surface area contributed by atoms with Crippen LogP contribution in [0.3, 0.4) is 0 Å². The van der Waals surface area contributed by atoms with Crippen LogP contribution in [0.25, 0.3) is 0 Å². The first kappa shape index (κ1) is 11.8. The Morgan fingerprint density at radius 2 is 2.57 bits per heavy atom. The fourth-order valence-electron chi connectivity index (χ4n) is 1.41. The van der Waals surface area contributed by atoms with E-state index in [0.717, 1.165) is 6.54 Å². The highest BCUT2D eigenvalue weighted by Crippen LogP contribution is 2.25. The van der Waals surface area contributed by atoms with Gasteiger partial charge in [0, 0.05) is 18.9 Å². The van der Waals surface area contributed by atoms with E-state index in [2.05, 4.69) is 5.32 Å². The van der Waals surface area contributed by atoms with Crippen molar-refractivity contribution < 1.29 is 9.53 Å². The predicted molar refractivity (Wildman–Crippen MR) is 58.3 cm³/mol. The Morgan fingerprint density at radius 3 is 3.14 bits per heavy atom. The fraction of sp³-hybridized carbons (Fsp3) is 0.889. The average molecular weight is 218 g/mol. The van der Waals surface area contributed by atoms with Crippen LogP contribution in [0.1, 0.15) is 12.8 Å². The number of methoxy groups -OCH3 is 1. The summed E-state index contributed by atoms with van der Waals surface area (Å²) in [5.41, 5.74) is 5.57. The molecule has 5 heteroatoms. The number of hydrogen-bond acceptors (Lipinski definition) is 4. The molecule has 1 heterocycles. The predicted octanol–water partition coefficient (Wildman–Crippen LogP) is -0.0281. The van der Waals surface area contributed by atoms with Crippen molar-refractivity contribution in [3.8, 4) is 0 Å². The maximum atomic E-state index is 11.4. The molecule has 0 spiro atoms. The van der Waals surface area contributed by atoms with Gasteiger partial charge in [0.2, 0.25) is 5.91 Å². The lowest BCUT2D eigenvalue weighted by molar-refractivity contribution is -0.123. The Bertz CT molecular complexity index is 184. The Balaban J connectivity index is 2.13. The molecule has 0 bridgehead atoms. The zero-order valence-electron chi connectivity index (χ0n) is 8.49. The molecule has 0 radical (unpaired) electrons. The highest BCUT2D eigenvalue weighted by molar-refractivity contribution is 8.00. The topological polar surface area (TPSA) is 64.3 Å². The molecule has 0 aromatic heterocycles. The Labute approximate surface area is 88.9 Å². The van der Waals surface area contributed by atoms with Gasteiger partial charge in [0.05, 0.1) is 6.61 Å². The van der Waals surface area contributed by atoms with Gasteiger partial charge < -0.3 is 15.8 Å². The van der Waals surface area contributed by atoms with Crippen LogP contribution < -0.4 is 11.1 Å². The van der Waals surface area contributed by atoms with E-state index in [1.807, 2.05) is 11.8 Å². The summed E-state index contributed by atoms with van der Waals surface area (Å²) in [4.78, 5) is 11.4. The van der Waals surface area contributed by atoms with Gasteiger partial charge >= 0.3 is 0 Å². The van der Waals surface area contributed by atoms with Crippen molar-refractivity contribution in [3.63, 3.8) is 0 Å². The van der Waals surface area contributed by atoms with Crippen molar-refractivity contribution in [1.82, 2.24) is 5.32 Å². The molecule has 14 heavy (non-hydrogen) atoms. The van der Waals surface area contributed by atoms with Crippen LogP contribution in [0.4, 0.5) is 0 Å². The molecular formula is C9H18N2O2S. The third-order valence-corrected chi connectivity index (χ3v) is 3.61. The Hall–Kier alpha value is -0.260. The van der Waals surface area contributed by atoms with Crippen LogP contribution in [0.2, 0.25) is 0 Å². The van der Waals surface area contributed by atoms with Crippen molar-refractivity contribution in [2.24, 2.45) is 5.73 Å². The SMILES string of the molecule is COCC(N)C(=O)NCC1CCCS1. The molecule has 1 aliphatic heterocycles. The second-order valence-corrected chi connectivity index (χ2v) is 4.85. The minimum Gasteiger partial charge on any atom is -0.383 e. The summed E-state index contributed by atoms with van der Waals surface area (Å²) in [5, 5.41) is 3.42. The molecule has 1 amide bonds. The number of thioether (sulfide) groups is 1. The molecular weight excluding hydrogens is 200 g/mol. The first-order valence-electron chi connectivity index (χ1n) is 4.88. The molecule has 1 aliphatic rings. The van der Waals surface area contributed by atoms with Crippen LogP contribution in [-0.4, -0.2) is 43.2 Å². The number of hydrogen-bond donors (Lipinski definition) is 2. The molecule has 0 aromatic rings. The molecule has 1 fully saturated rings. The zero-order chi connectivity index (χ0) is 10.4. The molecule has 3 N–H and O–H groups in total. The summed E-state index contributed by atoms with van der Waals surface area (Å²) in [6.45, 7) is 1.02. The van der Waals surface area contributed by atoms with E-state index < -0.39 is 6.04 Å².